The van der Waals surface area contributed by atoms with Crippen molar-refractivity contribution in [2.75, 3.05) is 37.7 Å². The van der Waals surface area contributed by atoms with Gasteiger partial charge in [-0.05, 0) is 18.1 Å². The molecule has 16 heavy (non-hydrogen) atoms. The topological polar surface area (TPSA) is 48.4 Å². The summed E-state index contributed by atoms with van der Waals surface area (Å²) in [6.07, 6.45) is 2.40. The summed E-state index contributed by atoms with van der Waals surface area (Å²) in [6.45, 7) is 3.94. The molecule has 4 nitrogen and oxygen atoms in total. The van der Waals surface area contributed by atoms with Gasteiger partial charge >= 0.3 is 0 Å². The Kier molecular flexibility index (Phi) is 3.98. The van der Waals surface area contributed by atoms with E-state index in [1.54, 1.807) is 6.20 Å². The summed E-state index contributed by atoms with van der Waals surface area (Å²) in [4.78, 5) is 6.56. The molecule has 0 atom stereocenters. The number of piperazine rings is 1. The lowest BCUT2D eigenvalue weighted by molar-refractivity contribution is 0.299. The molecule has 0 amide bonds. The zero-order chi connectivity index (χ0) is 11.4. The molecule has 0 spiro atoms. The van der Waals surface area contributed by atoms with Gasteiger partial charge in [0.15, 0.2) is 0 Å². The number of aliphatic hydroxyl groups is 1. The molecule has 0 saturated carbocycles. The second kappa shape index (κ2) is 5.48. The number of hydrogen-bond acceptors (Lipinski definition) is 4. The average molecular weight is 242 g/mol. The Morgan fingerprint density at radius 3 is 2.81 bits per heavy atom. The fourth-order valence-electron chi connectivity index (χ4n) is 1.85. The molecular weight excluding hydrogens is 226 g/mol. The van der Waals surface area contributed by atoms with E-state index in [0.29, 0.717) is 11.4 Å². The van der Waals surface area contributed by atoms with Crippen LogP contribution in [0.15, 0.2) is 12.3 Å². The summed E-state index contributed by atoms with van der Waals surface area (Å²) in [5.41, 5.74) is 0.978. The van der Waals surface area contributed by atoms with Crippen LogP contribution in [-0.4, -0.2) is 42.9 Å². The number of aliphatic hydroxyl groups excluding tert-OH is 1. The van der Waals surface area contributed by atoms with Crippen LogP contribution in [0.5, 0.6) is 0 Å². The monoisotopic (exact) mass is 241 g/mol. The van der Waals surface area contributed by atoms with E-state index in [2.05, 4.69) is 15.2 Å². The van der Waals surface area contributed by atoms with Crippen LogP contribution in [0.1, 0.15) is 5.56 Å². The molecule has 2 rings (SSSR count). The first-order valence-electron chi connectivity index (χ1n) is 5.52. The van der Waals surface area contributed by atoms with E-state index in [9.17, 15) is 0 Å². The molecular formula is C11H16ClN3O. The van der Waals surface area contributed by atoms with Crippen molar-refractivity contribution >= 4 is 17.4 Å². The molecule has 1 fully saturated rings. The van der Waals surface area contributed by atoms with Crippen molar-refractivity contribution in [3.05, 3.63) is 22.8 Å². The summed E-state index contributed by atoms with van der Waals surface area (Å²) in [6, 6.07) is 1.89. The zero-order valence-corrected chi connectivity index (χ0v) is 9.87. The van der Waals surface area contributed by atoms with Crippen LogP contribution in [0.2, 0.25) is 5.02 Å². The maximum atomic E-state index is 8.84. The fourth-order valence-corrected chi connectivity index (χ4v) is 2.15. The minimum atomic E-state index is 0.130. The minimum Gasteiger partial charge on any atom is -0.396 e. The standard InChI is InChI=1S/C11H16ClN3O/c12-10-7-9(1-6-16)8-14-11(10)15-4-2-13-3-5-15/h7-8,13,16H,1-6H2. The lowest BCUT2D eigenvalue weighted by Crippen LogP contribution is -2.44. The van der Waals surface area contributed by atoms with Crippen LogP contribution in [0.4, 0.5) is 5.82 Å². The summed E-state index contributed by atoms with van der Waals surface area (Å²) in [5.74, 6) is 0.852. The summed E-state index contributed by atoms with van der Waals surface area (Å²) in [5, 5.41) is 12.8. The van der Waals surface area contributed by atoms with Gasteiger partial charge in [0.2, 0.25) is 0 Å². The summed E-state index contributed by atoms with van der Waals surface area (Å²) < 4.78 is 0. The van der Waals surface area contributed by atoms with Crippen molar-refractivity contribution in [3.8, 4) is 0 Å². The Morgan fingerprint density at radius 1 is 1.44 bits per heavy atom. The van der Waals surface area contributed by atoms with E-state index in [4.69, 9.17) is 16.7 Å². The minimum absolute atomic E-state index is 0.130. The molecule has 5 heteroatoms. The quantitative estimate of drug-likeness (QED) is 0.817. The lowest BCUT2D eigenvalue weighted by Gasteiger charge is -2.29. The summed E-state index contributed by atoms with van der Waals surface area (Å²) >= 11 is 6.19. The predicted octanol–water partition coefficient (Wildman–Crippen LogP) is 0.679. The molecule has 0 bridgehead atoms. The van der Waals surface area contributed by atoms with Crippen molar-refractivity contribution in [2.45, 2.75) is 6.42 Å². The first-order valence-corrected chi connectivity index (χ1v) is 5.90. The Hall–Kier alpha value is -0.840. The highest BCUT2D eigenvalue weighted by Crippen LogP contribution is 2.24. The highest BCUT2D eigenvalue weighted by atomic mass is 35.5. The SMILES string of the molecule is OCCc1cnc(N2CCNCC2)c(Cl)c1. The van der Waals surface area contributed by atoms with Crippen molar-refractivity contribution in [1.82, 2.24) is 10.3 Å². The molecule has 0 unspecified atom stereocenters. The van der Waals surface area contributed by atoms with Gasteiger partial charge in [-0.2, -0.15) is 0 Å². The largest absolute Gasteiger partial charge is 0.396 e. The Labute approximate surface area is 100 Å². The highest BCUT2D eigenvalue weighted by molar-refractivity contribution is 6.33. The van der Waals surface area contributed by atoms with Gasteiger partial charge in [-0.3, -0.25) is 0 Å². The lowest BCUT2D eigenvalue weighted by atomic mass is 10.2. The molecule has 1 aromatic heterocycles. The third-order valence-electron chi connectivity index (χ3n) is 2.70. The van der Waals surface area contributed by atoms with Crippen LogP contribution in [0.3, 0.4) is 0 Å². The number of nitrogens with zero attached hydrogens (tertiary/aromatic N) is 2. The van der Waals surface area contributed by atoms with Gasteiger partial charge in [-0.1, -0.05) is 11.6 Å². The van der Waals surface area contributed by atoms with E-state index >= 15 is 0 Å². The van der Waals surface area contributed by atoms with Crippen molar-refractivity contribution in [2.24, 2.45) is 0 Å². The van der Waals surface area contributed by atoms with E-state index in [1.165, 1.54) is 0 Å². The van der Waals surface area contributed by atoms with Crippen LogP contribution >= 0.6 is 11.6 Å². The number of rotatable bonds is 3. The van der Waals surface area contributed by atoms with Crippen molar-refractivity contribution < 1.29 is 5.11 Å². The average Bonchev–Trinajstić information content (AvgIpc) is 2.31. The second-order valence-electron chi connectivity index (χ2n) is 3.86. The number of anilines is 1. The first-order chi connectivity index (χ1) is 7.81. The van der Waals surface area contributed by atoms with Gasteiger partial charge in [-0.15, -0.1) is 0 Å². The Balaban J connectivity index is 2.14. The van der Waals surface area contributed by atoms with Gasteiger partial charge in [0.25, 0.3) is 0 Å². The van der Waals surface area contributed by atoms with E-state index < -0.39 is 0 Å². The van der Waals surface area contributed by atoms with E-state index in [-0.39, 0.29) is 6.61 Å². The van der Waals surface area contributed by atoms with Crippen LogP contribution in [0.25, 0.3) is 0 Å². The highest BCUT2D eigenvalue weighted by Gasteiger charge is 2.14. The van der Waals surface area contributed by atoms with Crippen molar-refractivity contribution in [3.63, 3.8) is 0 Å². The van der Waals surface area contributed by atoms with Crippen LogP contribution in [0, 0.1) is 0 Å². The van der Waals surface area contributed by atoms with Gasteiger partial charge in [0, 0.05) is 39.0 Å². The molecule has 0 aliphatic carbocycles. The number of pyridine rings is 1. The Bertz CT molecular complexity index is 353. The Morgan fingerprint density at radius 2 is 2.19 bits per heavy atom. The molecule has 1 aliphatic heterocycles. The second-order valence-corrected chi connectivity index (χ2v) is 4.27. The van der Waals surface area contributed by atoms with Gasteiger partial charge in [-0.25, -0.2) is 4.98 Å². The summed E-state index contributed by atoms with van der Waals surface area (Å²) in [7, 11) is 0. The number of nitrogens with one attached hydrogen (secondary N) is 1. The molecule has 2 N–H and O–H groups in total. The molecule has 1 aliphatic rings. The molecule has 0 radical (unpaired) electrons. The fraction of sp³-hybridized carbons (Fsp3) is 0.545. The number of hydrogen-bond donors (Lipinski definition) is 2. The van der Waals surface area contributed by atoms with Gasteiger partial charge in [0.1, 0.15) is 5.82 Å². The maximum Gasteiger partial charge on any atom is 0.147 e. The predicted molar refractivity (Wildman–Crippen MR) is 65.1 cm³/mol. The molecule has 0 aromatic carbocycles. The molecule has 2 heterocycles. The maximum absolute atomic E-state index is 8.84. The van der Waals surface area contributed by atoms with Gasteiger partial charge < -0.3 is 15.3 Å². The normalized spacial score (nSPS) is 16.5. The van der Waals surface area contributed by atoms with Gasteiger partial charge in [0.05, 0.1) is 5.02 Å². The van der Waals surface area contributed by atoms with Crippen molar-refractivity contribution in [1.29, 1.82) is 0 Å². The van der Waals surface area contributed by atoms with E-state index in [0.717, 1.165) is 37.6 Å². The van der Waals surface area contributed by atoms with E-state index in [1.807, 2.05) is 6.07 Å². The van der Waals surface area contributed by atoms with Crippen LogP contribution in [-0.2, 0) is 6.42 Å². The molecule has 1 aromatic rings. The third kappa shape index (κ3) is 2.64. The smallest absolute Gasteiger partial charge is 0.147 e. The third-order valence-corrected chi connectivity index (χ3v) is 2.97. The number of halogens is 1. The van der Waals surface area contributed by atoms with Crippen LogP contribution < -0.4 is 10.2 Å². The molecule has 1 saturated heterocycles. The number of aromatic nitrogens is 1. The first kappa shape index (κ1) is 11.6. The zero-order valence-electron chi connectivity index (χ0n) is 9.12. The molecule has 88 valence electrons.